The van der Waals surface area contributed by atoms with E-state index < -0.39 is 0 Å². The lowest BCUT2D eigenvalue weighted by Gasteiger charge is -2.15. The van der Waals surface area contributed by atoms with Crippen molar-refractivity contribution in [1.82, 2.24) is 0 Å². The molecule has 1 N–H and O–H groups in total. The van der Waals surface area contributed by atoms with Gasteiger partial charge in [0.15, 0.2) is 5.90 Å². The van der Waals surface area contributed by atoms with Crippen LogP contribution in [0.15, 0.2) is 0 Å². The normalized spacial score (nSPS) is 10.0. The summed E-state index contributed by atoms with van der Waals surface area (Å²) in [6, 6.07) is 0. The first-order chi connectivity index (χ1) is 4.88. The number of hydrogen-bond donors (Lipinski definition) is 1. The maximum Gasteiger partial charge on any atom is 0.187 e. The van der Waals surface area contributed by atoms with Crippen molar-refractivity contribution in [2.24, 2.45) is 5.41 Å². The zero-order valence-corrected chi connectivity index (χ0v) is 8.75. The fourth-order valence-corrected chi connectivity index (χ4v) is 0.483. The van der Waals surface area contributed by atoms with Gasteiger partial charge in [0, 0.05) is 5.41 Å². The van der Waals surface area contributed by atoms with E-state index in [-0.39, 0.29) is 35.9 Å². The molecule has 0 rings (SSSR count). The van der Waals surface area contributed by atoms with Gasteiger partial charge in [-0.25, -0.2) is 0 Å². The average Bonchev–Trinajstić information content (AvgIpc) is 1.85. The minimum Gasteiger partial charge on any atom is -0.484 e. The van der Waals surface area contributed by atoms with Gasteiger partial charge < -0.3 is 4.74 Å². The van der Waals surface area contributed by atoms with Crippen molar-refractivity contribution in [1.29, 1.82) is 5.41 Å². The molecule has 3 nitrogen and oxygen atoms in total. The highest BCUT2D eigenvalue weighted by molar-refractivity contribution is 5.99. The number of rotatable bonds is 2. The fourth-order valence-electron chi connectivity index (χ4n) is 0.483. The minimum absolute atomic E-state index is 0. The highest BCUT2D eigenvalue weighted by Crippen LogP contribution is 2.16. The third kappa shape index (κ3) is 5.13. The van der Waals surface area contributed by atoms with Gasteiger partial charge >= 0.3 is 0 Å². The van der Waals surface area contributed by atoms with Crippen LogP contribution >= 0.6 is 12.4 Å². The monoisotopic (exact) mass is 193 g/mol. The van der Waals surface area contributed by atoms with Crippen LogP contribution in [-0.2, 0) is 9.53 Å². The number of nitrogens with one attached hydrogen (secondary N) is 1. The standard InChI is InChI=1S/C8H15NO2.ClH/c1-8(2,3)6(10)5-7(9)11-4;/h9H,5H2,1-4H3;1H. The van der Waals surface area contributed by atoms with Gasteiger partial charge in [-0.2, -0.15) is 0 Å². The fraction of sp³-hybridized carbons (Fsp3) is 0.750. The summed E-state index contributed by atoms with van der Waals surface area (Å²) in [6.07, 6.45) is 0.0972. The number of carbonyl (C=O) groups is 1. The molecule has 0 bridgehead atoms. The van der Waals surface area contributed by atoms with E-state index in [9.17, 15) is 4.79 Å². The Kier molecular flexibility index (Phi) is 5.99. The summed E-state index contributed by atoms with van der Waals surface area (Å²) in [6.45, 7) is 5.49. The van der Waals surface area contributed by atoms with Crippen molar-refractivity contribution in [3.63, 3.8) is 0 Å². The molecule has 0 amide bonds. The lowest BCUT2D eigenvalue weighted by molar-refractivity contribution is -0.125. The molecule has 0 aromatic rings. The molecule has 0 unspecified atom stereocenters. The molecule has 0 aliphatic rings. The first-order valence-electron chi connectivity index (χ1n) is 3.52. The van der Waals surface area contributed by atoms with Crippen LogP contribution in [-0.4, -0.2) is 18.8 Å². The zero-order chi connectivity index (χ0) is 9.07. The summed E-state index contributed by atoms with van der Waals surface area (Å²) >= 11 is 0. The molecule has 12 heavy (non-hydrogen) atoms. The smallest absolute Gasteiger partial charge is 0.187 e. The van der Waals surface area contributed by atoms with Crippen LogP contribution in [0.4, 0.5) is 0 Å². The number of halogens is 1. The number of carbonyl (C=O) groups excluding carboxylic acids is 1. The van der Waals surface area contributed by atoms with Crippen molar-refractivity contribution in [3.05, 3.63) is 0 Å². The first-order valence-corrected chi connectivity index (χ1v) is 3.52. The van der Waals surface area contributed by atoms with Gasteiger partial charge in [0.25, 0.3) is 0 Å². The van der Waals surface area contributed by atoms with E-state index in [0.717, 1.165) is 0 Å². The van der Waals surface area contributed by atoms with Crippen molar-refractivity contribution >= 4 is 24.1 Å². The molecule has 0 spiro atoms. The lowest BCUT2D eigenvalue weighted by atomic mass is 9.89. The van der Waals surface area contributed by atoms with Crippen LogP contribution in [0, 0.1) is 10.8 Å². The highest BCUT2D eigenvalue weighted by atomic mass is 35.5. The van der Waals surface area contributed by atoms with Crippen LogP contribution < -0.4 is 0 Å². The molecule has 0 aliphatic carbocycles. The minimum atomic E-state index is -0.370. The maximum absolute atomic E-state index is 11.2. The Morgan fingerprint density at radius 2 is 1.83 bits per heavy atom. The van der Waals surface area contributed by atoms with Gasteiger partial charge in [0.2, 0.25) is 0 Å². The van der Waals surface area contributed by atoms with E-state index in [1.165, 1.54) is 7.11 Å². The Morgan fingerprint density at radius 3 is 2.08 bits per heavy atom. The largest absolute Gasteiger partial charge is 0.484 e. The van der Waals surface area contributed by atoms with Crippen molar-refractivity contribution < 1.29 is 9.53 Å². The molecule has 0 radical (unpaired) electrons. The van der Waals surface area contributed by atoms with E-state index in [1.807, 2.05) is 20.8 Å². The second-order valence-electron chi connectivity index (χ2n) is 3.48. The molecule has 0 aromatic carbocycles. The van der Waals surface area contributed by atoms with E-state index in [4.69, 9.17) is 5.41 Å². The number of Topliss-reactive ketones (excluding diaryl/α,β-unsaturated/α-hetero) is 1. The van der Waals surface area contributed by atoms with Crippen molar-refractivity contribution in [2.45, 2.75) is 27.2 Å². The average molecular weight is 194 g/mol. The predicted octanol–water partition coefficient (Wildman–Crippen LogP) is 2.04. The quantitative estimate of drug-likeness (QED) is 0.539. The van der Waals surface area contributed by atoms with E-state index in [1.54, 1.807) is 0 Å². The molecule has 0 atom stereocenters. The molecule has 4 heteroatoms. The van der Waals surface area contributed by atoms with E-state index in [0.29, 0.717) is 0 Å². The zero-order valence-electron chi connectivity index (χ0n) is 7.93. The SMILES string of the molecule is COC(=N)CC(=O)C(C)(C)C.Cl. The van der Waals surface area contributed by atoms with Gasteiger partial charge in [-0.3, -0.25) is 10.2 Å². The summed E-state index contributed by atoms with van der Waals surface area (Å²) < 4.78 is 4.58. The van der Waals surface area contributed by atoms with Gasteiger partial charge in [-0.15, -0.1) is 12.4 Å². The predicted molar refractivity (Wildman–Crippen MR) is 51.1 cm³/mol. The van der Waals surface area contributed by atoms with Crippen molar-refractivity contribution in [2.75, 3.05) is 7.11 Å². The Morgan fingerprint density at radius 1 is 1.42 bits per heavy atom. The van der Waals surface area contributed by atoms with Crippen LogP contribution in [0.3, 0.4) is 0 Å². The summed E-state index contributed by atoms with van der Waals surface area (Å²) in [5.41, 5.74) is -0.370. The topological polar surface area (TPSA) is 50.1 Å². The van der Waals surface area contributed by atoms with E-state index in [2.05, 4.69) is 4.74 Å². The Balaban J connectivity index is 0. The molecule has 0 aromatic heterocycles. The molecule has 0 heterocycles. The first kappa shape index (κ1) is 14.0. The lowest BCUT2D eigenvalue weighted by Crippen LogP contribution is -2.23. The summed E-state index contributed by atoms with van der Waals surface area (Å²) in [5, 5.41) is 7.10. The summed E-state index contributed by atoms with van der Waals surface area (Å²) in [5.74, 6) is 0.0641. The number of hydrogen-bond acceptors (Lipinski definition) is 3. The molecular weight excluding hydrogens is 178 g/mol. The number of methoxy groups -OCH3 is 1. The Hall–Kier alpha value is -0.570. The molecule has 0 saturated heterocycles. The van der Waals surface area contributed by atoms with Crippen LogP contribution in [0.5, 0.6) is 0 Å². The third-order valence-electron chi connectivity index (χ3n) is 1.40. The Bertz CT molecular complexity index is 172. The number of ketones is 1. The molecular formula is C8H16ClNO2. The summed E-state index contributed by atoms with van der Waals surface area (Å²) in [7, 11) is 1.40. The van der Waals surface area contributed by atoms with Crippen LogP contribution in [0.25, 0.3) is 0 Å². The third-order valence-corrected chi connectivity index (χ3v) is 1.40. The van der Waals surface area contributed by atoms with Crippen LogP contribution in [0.1, 0.15) is 27.2 Å². The van der Waals surface area contributed by atoms with Gasteiger partial charge in [-0.05, 0) is 0 Å². The van der Waals surface area contributed by atoms with Gasteiger partial charge in [0.05, 0.1) is 13.5 Å². The molecule has 0 saturated carbocycles. The number of ether oxygens (including phenoxy) is 1. The van der Waals surface area contributed by atoms with E-state index >= 15 is 0 Å². The highest BCUT2D eigenvalue weighted by Gasteiger charge is 2.22. The van der Waals surface area contributed by atoms with Gasteiger partial charge in [-0.1, -0.05) is 20.8 Å². The maximum atomic E-state index is 11.2. The second kappa shape index (κ2) is 5.14. The summed E-state index contributed by atoms with van der Waals surface area (Å²) in [4.78, 5) is 11.2. The molecule has 0 fully saturated rings. The Labute approximate surface area is 79.4 Å². The van der Waals surface area contributed by atoms with Gasteiger partial charge in [0.1, 0.15) is 5.78 Å². The second-order valence-corrected chi connectivity index (χ2v) is 3.48. The molecule has 0 aliphatic heterocycles. The molecule has 72 valence electrons. The van der Waals surface area contributed by atoms with Crippen molar-refractivity contribution in [3.8, 4) is 0 Å². The van der Waals surface area contributed by atoms with Crippen LogP contribution in [0.2, 0.25) is 0 Å².